The van der Waals surface area contributed by atoms with Crippen LogP contribution in [0.5, 0.6) is 5.75 Å². The lowest BCUT2D eigenvalue weighted by Crippen LogP contribution is -1.87. The maximum atomic E-state index is 8.63. The SMILES string of the molecule is C=O.CCN.Oc1ccccc1. The number of phenolic OH excluding ortho intramolecular Hbond substituents is 1. The Morgan fingerprint density at radius 1 is 1.33 bits per heavy atom. The smallest absolute Gasteiger partial charge is 0.115 e. The van der Waals surface area contributed by atoms with E-state index in [1.54, 1.807) is 24.3 Å². The molecular weight excluding hydrogens is 154 g/mol. The molecule has 68 valence electrons. The third-order valence-corrected chi connectivity index (χ3v) is 0.756. The van der Waals surface area contributed by atoms with Crippen molar-refractivity contribution in [2.75, 3.05) is 6.54 Å². The molecule has 3 heteroatoms. The van der Waals surface area contributed by atoms with E-state index in [0.29, 0.717) is 5.75 Å². The van der Waals surface area contributed by atoms with Crippen LogP contribution in [0.25, 0.3) is 0 Å². The molecule has 0 unspecified atom stereocenters. The van der Waals surface area contributed by atoms with Crippen LogP contribution in [0, 0.1) is 0 Å². The minimum Gasteiger partial charge on any atom is -0.508 e. The van der Waals surface area contributed by atoms with Gasteiger partial charge in [-0.3, -0.25) is 0 Å². The Kier molecular flexibility index (Phi) is 13.6. The molecule has 0 atom stereocenters. The van der Waals surface area contributed by atoms with Gasteiger partial charge in [-0.2, -0.15) is 0 Å². The molecule has 0 heterocycles. The molecule has 0 aliphatic carbocycles. The zero-order valence-electron chi connectivity index (χ0n) is 7.23. The van der Waals surface area contributed by atoms with Crippen LogP contribution in [0.2, 0.25) is 0 Å². The molecule has 3 nitrogen and oxygen atoms in total. The quantitative estimate of drug-likeness (QED) is 0.612. The highest BCUT2D eigenvalue weighted by Gasteiger charge is 1.74. The number of aromatic hydroxyl groups is 1. The Bertz CT molecular complexity index is 165. The minimum absolute atomic E-state index is 0.322. The molecule has 0 spiro atoms. The van der Waals surface area contributed by atoms with Crippen molar-refractivity contribution in [3.63, 3.8) is 0 Å². The summed E-state index contributed by atoms with van der Waals surface area (Å²) < 4.78 is 0. The van der Waals surface area contributed by atoms with Crippen LogP contribution in [-0.4, -0.2) is 18.4 Å². The molecule has 3 N–H and O–H groups in total. The van der Waals surface area contributed by atoms with Gasteiger partial charge in [0.05, 0.1) is 0 Å². The van der Waals surface area contributed by atoms with E-state index in [-0.39, 0.29) is 0 Å². The van der Waals surface area contributed by atoms with Gasteiger partial charge in [-0.25, -0.2) is 0 Å². The van der Waals surface area contributed by atoms with Gasteiger partial charge in [0, 0.05) is 0 Å². The van der Waals surface area contributed by atoms with Gasteiger partial charge in [-0.1, -0.05) is 25.1 Å². The van der Waals surface area contributed by atoms with E-state index in [1.807, 2.05) is 19.8 Å². The summed E-state index contributed by atoms with van der Waals surface area (Å²) in [7, 11) is 0. The summed E-state index contributed by atoms with van der Waals surface area (Å²) >= 11 is 0. The predicted molar refractivity (Wildman–Crippen MR) is 50.0 cm³/mol. The first-order valence-electron chi connectivity index (χ1n) is 3.54. The molecule has 1 aromatic rings. The molecule has 0 amide bonds. The van der Waals surface area contributed by atoms with Gasteiger partial charge in [0.15, 0.2) is 0 Å². The van der Waals surface area contributed by atoms with Crippen molar-refractivity contribution < 1.29 is 9.90 Å². The highest BCUT2D eigenvalue weighted by Crippen LogP contribution is 2.02. The van der Waals surface area contributed by atoms with E-state index < -0.39 is 0 Å². The first kappa shape index (κ1) is 13.3. The van der Waals surface area contributed by atoms with Gasteiger partial charge in [0.25, 0.3) is 0 Å². The number of nitrogens with two attached hydrogens (primary N) is 1. The zero-order valence-corrected chi connectivity index (χ0v) is 7.23. The van der Waals surface area contributed by atoms with Crippen LogP contribution >= 0.6 is 0 Å². The average molecular weight is 169 g/mol. The third-order valence-electron chi connectivity index (χ3n) is 0.756. The standard InChI is InChI=1S/C6H6O.C2H7N.CH2O/c7-6-4-2-1-3-5-6;1-2-3;1-2/h1-5,7H;2-3H2,1H3;1H2. The monoisotopic (exact) mass is 169 g/mol. The number of para-hydroxylation sites is 1. The molecule has 12 heavy (non-hydrogen) atoms. The molecule has 0 aromatic heterocycles. The molecule has 0 aliphatic heterocycles. The lowest BCUT2D eigenvalue weighted by Gasteiger charge is -1.82. The number of hydrogen-bond donors (Lipinski definition) is 2. The molecule has 0 aliphatic rings. The number of benzene rings is 1. The van der Waals surface area contributed by atoms with Crippen molar-refractivity contribution in [2.45, 2.75) is 6.92 Å². The van der Waals surface area contributed by atoms with Crippen LogP contribution in [-0.2, 0) is 4.79 Å². The average Bonchev–Trinajstić information content (AvgIpc) is 2.11. The molecule has 0 saturated heterocycles. The Morgan fingerprint density at radius 2 is 1.67 bits per heavy atom. The Balaban J connectivity index is 0. The predicted octanol–water partition coefficient (Wildman–Crippen LogP) is 1.17. The molecule has 0 fully saturated rings. The summed E-state index contributed by atoms with van der Waals surface area (Å²) in [6.45, 7) is 4.65. The van der Waals surface area contributed by atoms with Gasteiger partial charge in [0.1, 0.15) is 12.5 Å². The Hall–Kier alpha value is -1.35. The maximum Gasteiger partial charge on any atom is 0.115 e. The van der Waals surface area contributed by atoms with E-state index in [9.17, 15) is 0 Å². The van der Waals surface area contributed by atoms with E-state index >= 15 is 0 Å². The van der Waals surface area contributed by atoms with Crippen molar-refractivity contribution in [1.82, 2.24) is 0 Å². The largest absolute Gasteiger partial charge is 0.508 e. The molecule has 0 bridgehead atoms. The van der Waals surface area contributed by atoms with Crippen molar-refractivity contribution in [2.24, 2.45) is 5.73 Å². The normalized spacial score (nSPS) is 6.83. The van der Waals surface area contributed by atoms with Gasteiger partial charge >= 0.3 is 0 Å². The van der Waals surface area contributed by atoms with Crippen molar-refractivity contribution in [3.8, 4) is 5.75 Å². The summed E-state index contributed by atoms with van der Waals surface area (Å²) in [4.78, 5) is 8.00. The molecular formula is C9H15NO2. The molecule has 1 aromatic carbocycles. The summed E-state index contributed by atoms with van der Waals surface area (Å²) in [6.07, 6.45) is 0. The summed E-state index contributed by atoms with van der Waals surface area (Å²) in [6, 6.07) is 8.71. The second-order valence-electron chi connectivity index (χ2n) is 1.74. The first-order chi connectivity index (χ1) is 5.81. The maximum absolute atomic E-state index is 8.63. The first-order valence-corrected chi connectivity index (χ1v) is 3.54. The molecule has 1 rings (SSSR count). The van der Waals surface area contributed by atoms with Crippen LogP contribution in [0.15, 0.2) is 30.3 Å². The second kappa shape index (κ2) is 12.3. The van der Waals surface area contributed by atoms with Crippen LogP contribution in [0.1, 0.15) is 6.92 Å². The van der Waals surface area contributed by atoms with E-state index in [2.05, 4.69) is 0 Å². The third kappa shape index (κ3) is 11.4. The van der Waals surface area contributed by atoms with Crippen molar-refractivity contribution in [3.05, 3.63) is 30.3 Å². The van der Waals surface area contributed by atoms with Gasteiger partial charge in [-0.15, -0.1) is 0 Å². The number of carbonyl (C=O) groups excluding carboxylic acids is 1. The number of rotatable bonds is 0. The number of carbonyl (C=O) groups is 1. The highest BCUT2D eigenvalue weighted by molar-refractivity contribution is 5.18. The fourth-order valence-electron chi connectivity index (χ4n) is 0.428. The Labute approximate surface area is 72.8 Å². The number of phenols is 1. The topological polar surface area (TPSA) is 63.3 Å². The summed E-state index contributed by atoms with van der Waals surface area (Å²) in [5, 5.41) is 8.63. The second-order valence-corrected chi connectivity index (χ2v) is 1.74. The lowest BCUT2D eigenvalue weighted by molar-refractivity contribution is -0.0979. The fourth-order valence-corrected chi connectivity index (χ4v) is 0.428. The zero-order chi connectivity index (χ0) is 9.82. The van der Waals surface area contributed by atoms with Gasteiger partial charge < -0.3 is 15.6 Å². The van der Waals surface area contributed by atoms with E-state index in [1.165, 1.54) is 0 Å². The minimum atomic E-state index is 0.322. The number of hydrogen-bond acceptors (Lipinski definition) is 3. The van der Waals surface area contributed by atoms with Gasteiger partial charge in [-0.05, 0) is 18.7 Å². The lowest BCUT2D eigenvalue weighted by atomic mass is 10.3. The summed E-state index contributed by atoms with van der Waals surface area (Å²) in [5.41, 5.74) is 4.85. The van der Waals surface area contributed by atoms with Crippen LogP contribution in [0.4, 0.5) is 0 Å². The highest BCUT2D eigenvalue weighted by atomic mass is 16.3. The summed E-state index contributed by atoms with van der Waals surface area (Å²) in [5.74, 6) is 0.322. The van der Waals surface area contributed by atoms with Crippen molar-refractivity contribution >= 4 is 6.79 Å². The fraction of sp³-hybridized carbons (Fsp3) is 0.222. The molecule has 0 radical (unpaired) electrons. The van der Waals surface area contributed by atoms with Crippen LogP contribution < -0.4 is 5.73 Å². The van der Waals surface area contributed by atoms with E-state index in [0.717, 1.165) is 6.54 Å². The Morgan fingerprint density at radius 3 is 1.83 bits per heavy atom. The van der Waals surface area contributed by atoms with Gasteiger partial charge in [0.2, 0.25) is 0 Å². The molecule has 0 saturated carbocycles. The van der Waals surface area contributed by atoms with Crippen LogP contribution in [0.3, 0.4) is 0 Å². The van der Waals surface area contributed by atoms with Crippen molar-refractivity contribution in [1.29, 1.82) is 0 Å². The van der Waals surface area contributed by atoms with E-state index in [4.69, 9.17) is 15.6 Å².